The average molecular weight is 383 g/mol. The standard InChI is InChI=1S/C22H26FN3O2/c1-26(2)20-13-12-16(25-21(27)17-10-6-7-11-19(17)23)14-18(20)22(28)24-15-8-4-3-5-9-15/h6-7,10-15H,3-5,8-9H2,1-2H3,(H,24,28)(H,25,27). The lowest BCUT2D eigenvalue weighted by Gasteiger charge is -2.24. The molecule has 2 aromatic carbocycles. The van der Waals surface area contributed by atoms with E-state index in [4.69, 9.17) is 0 Å². The molecule has 0 atom stereocenters. The molecule has 6 heteroatoms. The molecule has 2 amide bonds. The van der Waals surface area contributed by atoms with E-state index in [2.05, 4.69) is 10.6 Å². The molecule has 0 aliphatic heterocycles. The van der Waals surface area contributed by atoms with Crippen LogP contribution in [-0.2, 0) is 0 Å². The van der Waals surface area contributed by atoms with E-state index in [1.165, 1.54) is 24.6 Å². The number of halogens is 1. The Morgan fingerprint density at radius 3 is 2.36 bits per heavy atom. The minimum atomic E-state index is -0.583. The lowest BCUT2D eigenvalue weighted by Crippen LogP contribution is -2.36. The van der Waals surface area contributed by atoms with Crippen LogP contribution in [0.15, 0.2) is 42.5 Å². The van der Waals surface area contributed by atoms with Crippen LogP contribution in [-0.4, -0.2) is 32.0 Å². The number of rotatable bonds is 5. The summed E-state index contributed by atoms with van der Waals surface area (Å²) in [6, 6.07) is 11.1. The molecule has 0 saturated heterocycles. The fourth-order valence-corrected chi connectivity index (χ4v) is 3.54. The molecule has 5 nitrogen and oxygen atoms in total. The molecule has 0 radical (unpaired) electrons. The molecule has 3 rings (SSSR count). The Hall–Kier alpha value is -2.89. The summed E-state index contributed by atoms with van der Waals surface area (Å²) in [6.45, 7) is 0. The molecule has 0 unspecified atom stereocenters. The van der Waals surface area contributed by atoms with E-state index in [0.29, 0.717) is 11.3 Å². The monoisotopic (exact) mass is 383 g/mol. The van der Waals surface area contributed by atoms with Crippen LogP contribution >= 0.6 is 0 Å². The third kappa shape index (κ3) is 4.68. The highest BCUT2D eigenvalue weighted by atomic mass is 19.1. The summed E-state index contributed by atoms with van der Waals surface area (Å²) < 4.78 is 13.8. The number of anilines is 2. The summed E-state index contributed by atoms with van der Waals surface area (Å²) in [5.41, 5.74) is 1.67. The number of carbonyl (C=O) groups excluding carboxylic acids is 2. The van der Waals surface area contributed by atoms with E-state index < -0.39 is 11.7 Å². The van der Waals surface area contributed by atoms with Crippen LogP contribution in [0.4, 0.5) is 15.8 Å². The van der Waals surface area contributed by atoms with Crippen molar-refractivity contribution in [2.45, 2.75) is 38.1 Å². The van der Waals surface area contributed by atoms with Gasteiger partial charge < -0.3 is 15.5 Å². The van der Waals surface area contributed by atoms with Crippen molar-refractivity contribution in [3.05, 3.63) is 59.4 Å². The Balaban J connectivity index is 1.81. The first-order valence-corrected chi connectivity index (χ1v) is 9.64. The second kappa shape index (κ2) is 8.87. The highest BCUT2D eigenvalue weighted by Crippen LogP contribution is 2.25. The summed E-state index contributed by atoms with van der Waals surface area (Å²) in [7, 11) is 3.73. The highest BCUT2D eigenvalue weighted by Gasteiger charge is 2.20. The summed E-state index contributed by atoms with van der Waals surface area (Å²) in [4.78, 5) is 27.1. The van der Waals surface area contributed by atoms with Crippen LogP contribution in [0.1, 0.15) is 52.8 Å². The molecule has 1 aliphatic carbocycles. The first-order chi connectivity index (χ1) is 13.5. The molecular formula is C22H26FN3O2. The third-order valence-corrected chi connectivity index (χ3v) is 5.04. The van der Waals surface area contributed by atoms with Gasteiger partial charge in [0, 0.05) is 31.5 Å². The fraction of sp³-hybridized carbons (Fsp3) is 0.364. The van der Waals surface area contributed by atoms with Gasteiger partial charge in [0.25, 0.3) is 11.8 Å². The highest BCUT2D eigenvalue weighted by molar-refractivity contribution is 6.06. The quantitative estimate of drug-likeness (QED) is 0.813. The molecule has 1 fully saturated rings. The van der Waals surface area contributed by atoms with E-state index in [0.717, 1.165) is 31.4 Å². The fourth-order valence-electron chi connectivity index (χ4n) is 3.54. The maximum atomic E-state index is 13.8. The minimum Gasteiger partial charge on any atom is -0.377 e. The number of hydrogen-bond donors (Lipinski definition) is 2. The van der Waals surface area contributed by atoms with Gasteiger partial charge in [-0.2, -0.15) is 0 Å². The molecule has 2 aromatic rings. The molecule has 0 spiro atoms. The molecule has 28 heavy (non-hydrogen) atoms. The van der Waals surface area contributed by atoms with Crippen LogP contribution in [0, 0.1) is 5.82 Å². The molecule has 0 aromatic heterocycles. The van der Waals surface area contributed by atoms with Gasteiger partial charge in [-0.1, -0.05) is 31.4 Å². The molecular weight excluding hydrogens is 357 g/mol. The Kier molecular flexibility index (Phi) is 6.29. The van der Waals surface area contributed by atoms with Crippen molar-refractivity contribution in [3.8, 4) is 0 Å². The molecule has 1 saturated carbocycles. The molecule has 1 aliphatic rings. The van der Waals surface area contributed by atoms with Crippen molar-refractivity contribution in [3.63, 3.8) is 0 Å². The van der Waals surface area contributed by atoms with Crippen molar-refractivity contribution >= 4 is 23.2 Å². The van der Waals surface area contributed by atoms with E-state index in [-0.39, 0.29) is 17.5 Å². The van der Waals surface area contributed by atoms with Gasteiger partial charge in [0.15, 0.2) is 0 Å². The van der Waals surface area contributed by atoms with Crippen molar-refractivity contribution in [1.29, 1.82) is 0 Å². The normalized spacial score (nSPS) is 14.4. The first-order valence-electron chi connectivity index (χ1n) is 9.64. The van der Waals surface area contributed by atoms with E-state index in [1.54, 1.807) is 24.3 Å². The predicted molar refractivity (Wildman–Crippen MR) is 109 cm³/mol. The van der Waals surface area contributed by atoms with E-state index >= 15 is 0 Å². The SMILES string of the molecule is CN(C)c1ccc(NC(=O)c2ccccc2F)cc1C(=O)NC1CCCCC1. The minimum absolute atomic E-state index is 0.0348. The van der Waals surface area contributed by atoms with Crippen LogP contribution in [0.3, 0.4) is 0 Å². The van der Waals surface area contributed by atoms with Crippen LogP contribution in [0.5, 0.6) is 0 Å². The number of benzene rings is 2. The van der Waals surface area contributed by atoms with Gasteiger partial charge in [-0.05, 0) is 43.2 Å². The van der Waals surface area contributed by atoms with Crippen LogP contribution in [0.25, 0.3) is 0 Å². The lowest BCUT2D eigenvalue weighted by molar-refractivity contribution is 0.0927. The largest absolute Gasteiger partial charge is 0.377 e. The van der Waals surface area contributed by atoms with Crippen LogP contribution < -0.4 is 15.5 Å². The van der Waals surface area contributed by atoms with E-state index in [9.17, 15) is 14.0 Å². The number of nitrogens with one attached hydrogen (secondary N) is 2. The maximum Gasteiger partial charge on any atom is 0.258 e. The first kappa shape index (κ1) is 19.9. The predicted octanol–water partition coefficient (Wildman–Crippen LogP) is 4.21. The van der Waals surface area contributed by atoms with Crippen LogP contribution in [0.2, 0.25) is 0 Å². The molecule has 2 N–H and O–H groups in total. The van der Waals surface area contributed by atoms with Gasteiger partial charge >= 0.3 is 0 Å². The van der Waals surface area contributed by atoms with Gasteiger partial charge in [-0.15, -0.1) is 0 Å². The summed E-state index contributed by atoms with van der Waals surface area (Å²) in [6.07, 6.45) is 5.46. The molecule has 0 heterocycles. The summed E-state index contributed by atoms with van der Waals surface area (Å²) in [5, 5.41) is 5.80. The number of amides is 2. The summed E-state index contributed by atoms with van der Waals surface area (Å²) >= 11 is 0. The topological polar surface area (TPSA) is 61.4 Å². The number of carbonyl (C=O) groups is 2. The van der Waals surface area contributed by atoms with Gasteiger partial charge in [0.1, 0.15) is 5.82 Å². The van der Waals surface area contributed by atoms with Crippen molar-refractivity contribution in [1.82, 2.24) is 5.32 Å². The second-order valence-corrected chi connectivity index (χ2v) is 7.37. The zero-order valence-corrected chi connectivity index (χ0v) is 16.3. The smallest absolute Gasteiger partial charge is 0.258 e. The second-order valence-electron chi connectivity index (χ2n) is 7.37. The molecule has 148 valence electrons. The Morgan fingerprint density at radius 1 is 0.964 bits per heavy atom. The van der Waals surface area contributed by atoms with Crippen molar-refractivity contribution in [2.24, 2.45) is 0 Å². The maximum absolute atomic E-state index is 13.8. The zero-order chi connectivity index (χ0) is 20.1. The molecule has 0 bridgehead atoms. The Bertz CT molecular complexity index is 861. The van der Waals surface area contributed by atoms with Crippen molar-refractivity contribution < 1.29 is 14.0 Å². The Morgan fingerprint density at radius 2 is 1.68 bits per heavy atom. The average Bonchev–Trinajstić information content (AvgIpc) is 2.68. The van der Waals surface area contributed by atoms with Gasteiger partial charge in [-0.25, -0.2) is 4.39 Å². The Labute approximate surface area is 164 Å². The summed E-state index contributed by atoms with van der Waals surface area (Å²) in [5.74, 6) is -1.29. The lowest BCUT2D eigenvalue weighted by atomic mass is 9.95. The number of hydrogen-bond acceptors (Lipinski definition) is 3. The van der Waals surface area contributed by atoms with E-state index in [1.807, 2.05) is 19.0 Å². The van der Waals surface area contributed by atoms with Gasteiger partial charge in [-0.3, -0.25) is 9.59 Å². The zero-order valence-electron chi connectivity index (χ0n) is 16.3. The number of nitrogens with zero attached hydrogens (tertiary/aromatic N) is 1. The van der Waals surface area contributed by atoms with Crippen molar-refractivity contribution in [2.75, 3.05) is 24.3 Å². The van der Waals surface area contributed by atoms with Gasteiger partial charge in [0.2, 0.25) is 0 Å². The van der Waals surface area contributed by atoms with Gasteiger partial charge in [0.05, 0.1) is 11.1 Å². The third-order valence-electron chi connectivity index (χ3n) is 5.04.